The van der Waals surface area contributed by atoms with E-state index in [0.29, 0.717) is 30.3 Å². The molecule has 1 aromatic rings. The average Bonchev–Trinajstić information content (AvgIpc) is 2.73. The number of nitrogens with zero attached hydrogens (tertiary/aromatic N) is 2. The van der Waals surface area contributed by atoms with Gasteiger partial charge in [0.1, 0.15) is 0 Å². The van der Waals surface area contributed by atoms with E-state index in [-0.39, 0.29) is 36.8 Å². The number of morpholine rings is 1. The van der Waals surface area contributed by atoms with E-state index in [9.17, 15) is 4.79 Å². The summed E-state index contributed by atoms with van der Waals surface area (Å²) in [5, 5.41) is 0. The van der Waals surface area contributed by atoms with Gasteiger partial charge in [0.2, 0.25) is 5.91 Å². The van der Waals surface area contributed by atoms with Gasteiger partial charge in [0.15, 0.2) is 0 Å². The lowest BCUT2D eigenvalue weighted by Crippen LogP contribution is -2.53. The van der Waals surface area contributed by atoms with Gasteiger partial charge in [-0.1, -0.05) is 36.8 Å². The number of amides is 1. The summed E-state index contributed by atoms with van der Waals surface area (Å²) in [6.07, 6.45) is 5.64. The van der Waals surface area contributed by atoms with Crippen LogP contribution >= 0.6 is 24.8 Å². The molecule has 3 unspecified atom stereocenters. The molecule has 1 heterocycles. The second-order valence-corrected chi connectivity index (χ2v) is 9.41. The molecule has 31 heavy (non-hydrogen) atoms. The highest BCUT2D eigenvalue weighted by atomic mass is 35.5. The van der Waals surface area contributed by atoms with E-state index >= 15 is 0 Å². The maximum atomic E-state index is 13.8. The maximum absolute atomic E-state index is 13.8. The molecular weight excluding hydrogens is 433 g/mol. The van der Waals surface area contributed by atoms with E-state index in [1.54, 1.807) is 0 Å². The normalized spacial score (nSPS) is 29.2. The first-order chi connectivity index (χ1) is 14.1. The fourth-order valence-corrected chi connectivity index (χ4v) is 5.71. The van der Waals surface area contributed by atoms with E-state index in [0.717, 1.165) is 45.7 Å². The van der Waals surface area contributed by atoms with Crippen LogP contribution in [0.25, 0.3) is 0 Å². The van der Waals surface area contributed by atoms with Crippen molar-refractivity contribution in [2.24, 2.45) is 23.5 Å². The number of carbonyl (C=O) groups is 1. The number of hydrogen-bond donors (Lipinski definition) is 1. The van der Waals surface area contributed by atoms with Crippen molar-refractivity contribution in [1.82, 2.24) is 9.80 Å². The van der Waals surface area contributed by atoms with Gasteiger partial charge in [-0.2, -0.15) is 0 Å². The molecule has 3 atom stereocenters. The molecule has 176 valence electrons. The van der Waals surface area contributed by atoms with Crippen LogP contribution < -0.4 is 5.73 Å². The Hall–Kier alpha value is -0.850. The van der Waals surface area contributed by atoms with Gasteiger partial charge in [-0.25, -0.2) is 0 Å². The number of nitrogens with two attached hydrogens (primary N) is 1. The molecule has 1 saturated heterocycles. The maximum Gasteiger partial charge on any atom is 0.226 e. The van der Waals surface area contributed by atoms with Crippen molar-refractivity contribution >= 4 is 30.7 Å². The number of carbonyl (C=O) groups excluding carboxylic acids is 1. The minimum atomic E-state index is 0. The smallest absolute Gasteiger partial charge is 0.226 e. The summed E-state index contributed by atoms with van der Waals surface area (Å²) in [4.78, 5) is 18.4. The Labute approximate surface area is 199 Å². The first-order valence-electron chi connectivity index (χ1n) is 11.5. The van der Waals surface area contributed by atoms with E-state index in [2.05, 4.69) is 41.0 Å². The molecule has 2 N–H and O–H groups in total. The zero-order valence-corrected chi connectivity index (χ0v) is 20.3. The van der Waals surface area contributed by atoms with Crippen LogP contribution in [0.5, 0.6) is 0 Å². The molecule has 2 saturated carbocycles. The summed E-state index contributed by atoms with van der Waals surface area (Å²) in [7, 11) is 0. The largest absolute Gasteiger partial charge is 0.379 e. The van der Waals surface area contributed by atoms with Gasteiger partial charge in [-0.15, -0.1) is 24.8 Å². The van der Waals surface area contributed by atoms with Crippen LogP contribution in [-0.2, 0) is 16.1 Å². The summed E-state index contributed by atoms with van der Waals surface area (Å²) in [6, 6.07) is 10.9. The molecule has 7 heteroatoms. The van der Waals surface area contributed by atoms with Crippen molar-refractivity contribution in [2.45, 2.75) is 57.7 Å². The average molecular weight is 473 g/mol. The number of benzene rings is 1. The molecule has 3 fully saturated rings. The van der Waals surface area contributed by atoms with Crippen molar-refractivity contribution in [3.63, 3.8) is 0 Å². The van der Waals surface area contributed by atoms with Crippen molar-refractivity contribution < 1.29 is 9.53 Å². The second-order valence-electron chi connectivity index (χ2n) is 9.41. The lowest BCUT2D eigenvalue weighted by atomic mass is 9.65. The molecule has 4 rings (SSSR count). The topological polar surface area (TPSA) is 58.8 Å². The van der Waals surface area contributed by atoms with Crippen molar-refractivity contribution in [3.05, 3.63) is 35.9 Å². The van der Waals surface area contributed by atoms with E-state index < -0.39 is 0 Å². The van der Waals surface area contributed by atoms with Gasteiger partial charge < -0.3 is 15.4 Å². The van der Waals surface area contributed by atoms with Gasteiger partial charge in [-0.3, -0.25) is 9.69 Å². The molecule has 5 nitrogen and oxygen atoms in total. The molecule has 2 aliphatic carbocycles. The van der Waals surface area contributed by atoms with Gasteiger partial charge in [0.25, 0.3) is 0 Å². The Balaban J connectivity index is 0.00000171. The lowest BCUT2D eigenvalue weighted by molar-refractivity contribution is -0.142. The van der Waals surface area contributed by atoms with E-state index in [1.165, 1.54) is 24.8 Å². The highest BCUT2D eigenvalue weighted by molar-refractivity contribution is 5.85. The summed E-state index contributed by atoms with van der Waals surface area (Å²) in [6.45, 7) is 7.34. The quantitative estimate of drug-likeness (QED) is 0.686. The van der Waals surface area contributed by atoms with Crippen LogP contribution in [0.1, 0.15) is 44.6 Å². The summed E-state index contributed by atoms with van der Waals surface area (Å²) in [5.41, 5.74) is 7.70. The number of hydrogen-bond acceptors (Lipinski definition) is 4. The molecule has 0 aromatic heterocycles. The highest BCUT2D eigenvalue weighted by Gasteiger charge is 2.42. The van der Waals surface area contributed by atoms with Crippen LogP contribution in [0.15, 0.2) is 30.3 Å². The summed E-state index contributed by atoms with van der Waals surface area (Å²) < 4.78 is 5.50. The third kappa shape index (κ3) is 6.58. The zero-order valence-electron chi connectivity index (χ0n) is 18.7. The second kappa shape index (κ2) is 12.4. The minimum Gasteiger partial charge on any atom is -0.379 e. The predicted molar refractivity (Wildman–Crippen MR) is 130 cm³/mol. The van der Waals surface area contributed by atoms with Crippen LogP contribution in [0.3, 0.4) is 0 Å². The number of halogens is 2. The van der Waals surface area contributed by atoms with Gasteiger partial charge in [-0.05, 0) is 50.0 Å². The Morgan fingerprint density at radius 2 is 1.74 bits per heavy atom. The minimum absolute atomic E-state index is 0. The van der Waals surface area contributed by atoms with E-state index in [1.807, 2.05) is 6.07 Å². The van der Waals surface area contributed by atoms with Crippen LogP contribution in [-0.4, -0.2) is 60.6 Å². The third-order valence-corrected chi connectivity index (χ3v) is 7.40. The number of ether oxygens (including phenoxy) is 1. The van der Waals surface area contributed by atoms with Crippen molar-refractivity contribution in [3.8, 4) is 0 Å². The monoisotopic (exact) mass is 471 g/mol. The standard InChI is InChI=1S/C24H37N3O2.2ClH/c1-18(16-26-10-12-29-13-11-26)27(17-19-6-3-2-4-7-19)24(28)22-14-20-8-5-9-21(15-22)23(20)25;;/h2-4,6-7,18,20-23H,5,8-17,25H2,1H3;2*1H. The highest BCUT2D eigenvalue weighted by Crippen LogP contribution is 2.42. The molecule has 1 aliphatic heterocycles. The Bertz CT molecular complexity index is 658. The van der Waals surface area contributed by atoms with Gasteiger partial charge in [0.05, 0.1) is 13.2 Å². The van der Waals surface area contributed by atoms with E-state index in [4.69, 9.17) is 10.5 Å². The first kappa shape index (κ1) is 26.4. The predicted octanol–water partition coefficient (Wildman–Crippen LogP) is 3.73. The number of fused-ring (bicyclic) bond motifs is 2. The molecule has 1 aromatic carbocycles. The molecule has 0 radical (unpaired) electrons. The molecular formula is C24H39Cl2N3O2. The number of rotatable bonds is 6. The molecule has 3 aliphatic rings. The first-order valence-corrected chi connectivity index (χ1v) is 11.5. The SMILES string of the molecule is CC(CN1CCOCC1)N(Cc1ccccc1)C(=O)C1CC2CCCC(C1)C2N.Cl.Cl. The summed E-state index contributed by atoms with van der Waals surface area (Å²) in [5.74, 6) is 1.55. The van der Waals surface area contributed by atoms with Crippen LogP contribution in [0.2, 0.25) is 0 Å². The Morgan fingerprint density at radius 1 is 1.13 bits per heavy atom. The van der Waals surface area contributed by atoms with Gasteiger partial charge in [0, 0.05) is 44.2 Å². The molecule has 0 spiro atoms. The lowest BCUT2D eigenvalue weighted by Gasteiger charge is -2.45. The Morgan fingerprint density at radius 3 is 2.35 bits per heavy atom. The van der Waals surface area contributed by atoms with Crippen molar-refractivity contribution in [1.29, 1.82) is 0 Å². The fraction of sp³-hybridized carbons (Fsp3) is 0.708. The zero-order chi connectivity index (χ0) is 20.2. The van der Waals surface area contributed by atoms with Crippen LogP contribution in [0.4, 0.5) is 0 Å². The summed E-state index contributed by atoms with van der Waals surface area (Å²) >= 11 is 0. The fourth-order valence-electron chi connectivity index (χ4n) is 5.71. The Kier molecular flexibility index (Phi) is 10.6. The third-order valence-electron chi connectivity index (χ3n) is 7.40. The molecule has 1 amide bonds. The van der Waals surface area contributed by atoms with Crippen LogP contribution in [0, 0.1) is 17.8 Å². The molecule has 2 bridgehead atoms. The van der Waals surface area contributed by atoms with Gasteiger partial charge >= 0.3 is 0 Å². The van der Waals surface area contributed by atoms with Crippen molar-refractivity contribution in [2.75, 3.05) is 32.8 Å².